The summed E-state index contributed by atoms with van der Waals surface area (Å²) < 4.78 is 22.1. The second-order valence-electron chi connectivity index (χ2n) is 4.99. The van der Waals surface area contributed by atoms with E-state index in [1.165, 1.54) is 12.8 Å². The van der Waals surface area contributed by atoms with E-state index in [0.29, 0.717) is 19.8 Å². The third-order valence-corrected chi connectivity index (χ3v) is 2.89. The van der Waals surface area contributed by atoms with Crippen LogP contribution in [0.15, 0.2) is 0 Å². The van der Waals surface area contributed by atoms with Gasteiger partial charge in [0.25, 0.3) is 0 Å². The van der Waals surface area contributed by atoms with Crippen LogP contribution in [0.5, 0.6) is 0 Å². The van der Waals surface area contributed by atoms with Gasteiger partial charge in [0.1, 0.15) is 6.10 Å². The molecule has 1 heterocycles. The molecular weight excluding hydrogens is 220 g/mol. The first-order valence-electron chi connectivity index (χ1n) is 6.49. The fourth-order valence-corrected chi connectivity index (χ4v) is 1.88. The fraction of sp³-hybridized carbons (Fsp3) is 1.00. The highest BCUT2D eigenvalue weighted by Crippen LogP contribution is 2.22. The number of hydrogen-bond acceptors (Lipinski definition) is 4. The van der Waals surface area contributed by atoms with Crippen LogP contribution in [0.25, 0.3) is 0 Å². The largest absolute Gasteiger partial charge is 0.379 e. The van der Waals surface area contributed by atoms with Crippen LogP contribution in [-0.4, -0.2) is 44.9 Å². The molecule has 4 heteroatoms. The third-order valence-electron chi connectivity index (χ3n) is 2.89. The third kappa shape index (κ3) is 5.82. The molecule has 0 saturated carbocycles. The standard InChI is InChI=1S/C13H26O4/c1-5-6-7-11(14-4)8-15-9-12-10-16-13(2,3)17-12/h11-12H,5-10H2,1-4H3. The smallest absolute Gasteiger partial charge is 0.163 e. The van der Waals surface area contributed by atoms with E-state index in [1.807, 2.05) is 13.8 Å². The molecule has 0 N–H and O–H groups in total. The average molecular weight is 246 g/mol. The summed E-state index contributed by atoms with van der Waals surface area (Å²) in [5, 5.41) is 0. The van der Waals surface area contributed by atoms with E-state index in [-0.39, 0.29) is 12.2 Å². The molecule has 1 saturated heterocycles. The molecule has 0 spiro atoms. The van der Waals surface area contributed by atoms with Gasteiger partial charge in [0.15, 0.2) is 5.79 Å². The highest BCUT2D eigenvalue weighted by atomic mass is 16.7. The lowest BCUT2D eigenvalue weighted by molar-refractivity contribution is -0.146. The maximum absolute atomic E-state index is 5.66. The molecule has 0 amide bonds. The van der Waals surface area contributed by atoms with Crippen molar-refractivity contribution in [2.24, 2.45) is 0 Å². The SMILES string of the molecule is CCCCC(COCC1COC(C)(C)O1)OC. The van der Waals surface area contributed by atoms with Crippen LogP contribution >= 0.6 is 0 Å². The molecule has 1 aliphatic rings. The number of rotatable bonds is 8. The molecule has 2 atom stereocenters. The van der Waals surface area contributed by atoms with Gasteiger partial charge >= 0.3 is 0 Å². The molecule has 0 bridgehead atoms. The predicted octanol–water partition coefficient (Wildman–Crippen LogP) is 2.36. The molecule has 0 aliphatic carbocycles. The van der Waals surface area contributed by atoms with Crippen LogP contribution in [0.4, 0.5) is 0 Å². The van der Waals surface area contributed by atoms with Crippen LogP contribution in [0, 0.1) is 0 Å². The van der Waals surface area contributed by atoms with Gasteiger partial charge < -0.3 is 18.9 Å². The van der Waals surface area contributed by atoms with E-state index < -0.39 is 5.79 Å². The van der Waals surface area contributed by atoms with Crippen molar-refractivity contribution in [3.8, 4) is 0 Å². The number of methoxy groups -OCH3 is 1. The average Bonchev–Trinajstić information content (AvgIpc) is 2.63. The summed E-state index contributed by atoms with van der Waals surface area (Å²) in [6, 6.07) is 0. The Kier molecular flexibility index (Phi) is 6.41. The lowest BCUT2D eigenvalue weighted by Gasteiger charge is -2.18. The van der Waals surface area contributed by atoms with Crippen molar-refractivity contribution in [2.75, 3.05) is 26.9 Å². The van der Waals surface area contributed by atoms with Crippen LogP contribution in [0.2, 0.25) is 0 Å². The molecule has 0 aromatic heterocycles. The maximum Gasteiger partial charge on any atom is 0.163 e. The molecule has 4 nitrogen and oxygen atoms in total. The first-order valence-corrected chi connectivity index (χ1v) is 6.49. The normalized spacial score (nSPS) is 25.1. The number of ether oxygens (including phenoxy) is 4. The molecule has 2 unspecified atom stereocenters. The molecule has 1 rings (SSSR count). The summed E-state index contributed by atoms with van der Waals surface area (Å²) in [6.07, 6.45) is 3.67. The van der Waals surface area contributed by atoms with Crippen molar-refractivity contribution in [1.82, 2.24) is 0 Å². The van der Waals surface area contributed by atoms with E-state index in [4.69, 9.17) is 18.9 Å². The van der Waals surface area contributed by atoms with Crippen molar-refractivity contribution in [3.05, 3.63) is 0 Å². The van der Waals surface area contributed by atoms with Crippen molar-refractivity contribution >= 4 is 0 Å². The van der Waals surface area contributed by atoms with Crippen molar-refractivity contribution in [2.45, 2.75) is 58.0 Å². The summed E-state index contributed by atoms with van der Waals surface area (Å²) in [5.74, 6) is -0.461. The molecule has 1 aliphatic heterocycles. The quantitative estimate of drug-likeness (QED) is 0.659. The van der Waals surface area contributed by atoms with Gasteiger partial charge in [-0.2, -0.15) is 0 Å². The van der Waals surface area contributed by atoms with Gasteiger partial charge in [0, 0.05) is 7.11 Å². The molecule has 0 aromatic rings. The Balaban J connectivity index is 2.10. The zero-order valence-electron chi connectivity index (χ0n) is 11.5. The van der Waals surface area contributed by atoms with Gasteiger partial charge in [-0.3, -0.25) is 0 Å². The van der Waals surface area contributed by atoms with E-state index in [9.17, 15) is 0 Å². The summed E-state index contributed by atoms with van der Waals surface area (Å²) in [6.45, 7) is 7.85. The second kappa shape index (κ2) is 7.31. The summed E-state index contributed by atoms with van der Waals surface area (Å²) in [4.78, 5) is 0. The lowest BCUT2D eigenvalue weighted by Crippen LogP contribution is -2.26. The molecule has 17 heavy (non-hydrogen) atoms. The van der Waals surface area contributed by atoms with Crippen molar-refractivity contribution < 1.29 is 18.9 Å². The molecule has 0 aromatic carbocycles. The van der Waals surface area contributed by atoms with Crippen LogP contribution in [-0.2, 0) is 18.9 Å². The topological polar surface area (TPSA) is 36.9 Å². The second-order valence-corrected chi connectivity index (χ2v) is 4.99. The Morgan fingerprint density at radius 3 is 2.71 bits per heavy atom. The van der Waals surface area contributed by atoms with Gasteiger partial charge in [-0.1, -0.05) is 19.8 Å². The lowest BCUT2D eigenvalue weighted by atomic mass is 10.2. The van der Waals surface area contributed by atoms with Gasteiger partial charge in [-0.15, -0.1) is 0 Å². The van der Waals surface area contributed by atoms with Gasteiger partial charge in [0.05, 0.1) is 25.9 Å². The van der Waals surface area contributed by atoms with E-state index in [1.54, 1.807) is 7.11 Å². The van der Waals surface area contributed by atoms with Crippen molar-refractivity contribution in [1.29, 1.82) is 0 Å². The highest BCUT2D eigenvalue weighted by molar-refractivity contribution is 4.70. The Bertz CT molecular complexity index is 206. The van der Waals surface area contributed by atoms with Gasteiger partial charge in [0.2, 0.25) is 0 Å². The van der Waals surface area contributed by atoms with E-state index >= 15 is 0 Å². The zero-order valence-corrected chi connectivity index (χ0v) is 11.5. The minimum atomic E-state index is -0.461. The summed E-state index contributed by atoms with van der Waals surface area (Å²) >= 11 is 0. The molecule has 0 radical (unpaired) electrons. The maximum atomic E-state index is 5.66. The molecule has 102 valence electrons. The van der Waals surface area contributed by atoms with Gasteiger partial charge in [-0.05, 0) is 20.3 Å². The zero-order chi connectivity index (χ0) is 12.7. The van der Waals surface area contributed by atoms with Crippen LogP contribution < -0.4 is 0 Å². The molecule has 1 fully saturated rings. The number of unbranched alkanes of at least 4 members (excludes halogenated alkanes) is 1. The Hall–Kier alpha value is -0.160. The molecular formula is C13H26O4. The Labute approximate surface area is 105 Å². The fourth-order valence-electron chi connectivity index (χ4n) is 1.88. The minimum absolute atomic E-state index is 0.0497. The Morgan fingerprint density at radius 2 is 2.18 bits per heavy atom. The van der Waals surface area contributed by atoms with Gasteiger partial charge in [-0.25, -0.2) is 0 Å². The first kappa shape index (κ1) is 14.9. The van der Waals surface area contributed by atoms with E-state index in [2.05, 4.69) is 6.92 Å². The number of hydrogen-bond donors (Lipinski definition) is 0. The summed E-state index contributed by atoms with van der Waals surface area (Å²) in [5.41, 5.74) is 0. The Morgan fingerprint density at radius 1 is 1.41 bits per heavy atom. The monoisotopic (exact) mass is 246 g/mol. The van der Waals surface area contributed by atoms with E-state index in [0.717, 1.165) is 6.42 Å². The highest BCUT2D eigenvalue weighted by Gasteiger charge is 2.32. The first-order chi connectivity index (χ1) is 8.07. The van der Waals surface area contributed by atoms with Crippen molar-refractivity contribution in [3.63, 3.8) is 0 Å². The van der Waals surface area contributed by atoms with Crippen LogP contribution in [0.3, 0.4) is 0 Å². The summed E-state index contributed by atoms with van der Waals surface area (Å²) in [7, 11) is 1.74. The minimum Gasteiger partial charge on any atom is -0.379 e. The van der Waals surface area contributed by atoms with Crippen LogP contribution in [0.1, 0.15) is 40.0 Å². The predicted molar refractivity (Wildman–Crippen MR) is 66.0 cm³/mol.